The van der Waals surface area contributed by atoms with Gasteiger partial charge in [-0.1, -0.05) is 6.42 Å². The number of likely N-dealkylation sites (tertiary alicyclic amines) is 1. The molecule has 2 fully saturated rings. The predicted octanol–water partition coefficient (Wildman–Crippen LogP) is 1.86. The zero-order valence-electron chi connectivity index (χ0n) is 10.9. The van der Waals surface area contributed by atoms with E-state index in [2.05, 4.69) is 10.3 Å². The molecule has 6 heteroatoms. The average molecular weight is 279 g/mol. The fraction of sp³-hybridized carbons (Fsp3) is 0.615. The smallest absolute Gasteiger partial charge is 0.233 e. The van der Waals surface area contributed by atoms with E-state index in [1.807, 2.05) is 6.92 Å². The number of carbonyl (C=O) groups is 2. The molecule has 0 bridgehead atoms. The normalized spacial score (nSPS) is 26.1. The number of imide groups is 1. The zero-order valence-corrected chi connectivity index (χ0v) is 11.7. The Morgan fingerprint density at radius 3 is 2.68 bits per heavy atom. The summed E-state index contributed by atoms with van der Waals surface area (Å²) in [5, 5.41) is 3.98. The molecule has 5 nitrogen and oxygen atoms in total. The lowest BCUT2D eigenvalue weighted by Crippen LogP contribution is -2.30. The summed E-state index contributed by atoms with van der Waals surface area (Å²) < 4.78 is 0. The van der Waals surface area contributed by atoms with E-state index >= 15 is 0 Å². The summed E-state index contributed by atoms with van der Waals surface area (Å²) >= 11 is 1.51. The van der Waals surface area contributed by atoms with Crippen LogP contribution in [0.4, 0.5) is 5.13 Å². The van der Waals surface area contributed by atoms with Crippen molar-refractivity contribution in [3.05, 3.63) is 11.1 Å². The molecule has 1 aliphatic carbocycles. The Morgan fingerprint density at radius 1 is 1.37 bits per heavy atom. The quantitative estimate of drug-likeness (QED) is 0.855. The van der Waals surface area contributed by atoms with Gasteiger partial charge in [0.25, 0.3) is 0 Å². The van der Waals surface area contributed by atoms with Gasteiger partial charge >= 0.3 is 0 Å². The minimum Gasteiger partial charge on any atom is -0.362 e. The number of hydrogen-bond donors (Lipinski definition) is 1. The molecule has 2 aliphatic rings. The molecule has 1 saturated heterocycles. The molecular formula is C13H17N3O2S. The van der Waals surface area contributed by atoms with Crippen LogP contribution < -0.4 is 5.32 Å². The summed E-state index contributed by atoms with van der Waals surface area (Å²) in [5.41, 5.74) is 0. The molecule has 0 aromatic carbocycles. The van der Waals surface area contributed by atoms with Gasteiger partial charge in [0.1, 0.15) is 0 Å². The molecule has 2 amide bonds. The summed E-state index contributed by atoms with van der Waals surface area (Å²) in [5.74, 6) is -0.0564. The number of rotatable bonds is 4. The number of amides is 2. The second-order valence-corrected chi connectivity index (χ2v) is 6.18. The van der Waals surface area contributed by atoms with E-state index in [0.717, 1.165) is 35.8 Å². The van der Waals surface area contributed by atoms with Crippen molar-refractivity contribution in [1.82, 2.24) is 9.88 Å². The number of nitrogens with one attached hydrogen (secondary N) is 1. The number of thiazole rings is 1. The Kier molecular flexibility index (Phi) is 3.26. The highest BCUT2D eigenvalue weighted by Crippen LogP contribution is 2.40. The van der Waals surface area contributed by atoms with Crippen LogP contribution in [0.2, 0.25) is 0 Å². The van der Waals surface area contributed by atoms with Gasteiger partial charge in [0.2, 0.25) is 11.8 Å². The molecule has 2 atom stereocenters. The third-order valence-electron chi connectivity index (χ3n) is 3.88. The molecule has 1 aromatic rings. The van der Waals surface area contributed by atoms with Crippen molar-refractivity contribution in [1.29, 1.82) is 0 Å². The third kappa shape index (κ3) is 2.14. The van der Waals surface area contributed by atoms with E-state index in [9.17, 15) is 9.59 Å². The number of nitrogens with zero attached hydrogens (tertiary/aromatic N) is 2. The molecular weight excluding hydrogens is 262 g/mol. The van der Waals surface area contributed by atoms with Gasteiger partial charge in [0.05, 0.1) is 18.4 Å². The highest BCUT2D eigenvalue weighted by atomic mass is 32.1. The van der Waals surface area contributed by atoms with Crippen molar-refractivity contribution in [2.24, 2.45) is 11.8 Å². The van der Waals surface area contributed by atoms with Gasteiger partial charge in [-0.15, -0.1) is 11.3 Å². The maximum absolute atomic E-state index is 12.2. The van der Waals surface area contributed by atoms with Gasteiger partial charge in [0.15, 0.2) is 5.13 Å². The second kappa shape index (κ2) is 4.92. The van der Waals surface area contributed by atoms with Crippen LogP contribution in [0.5, 0.6) is 0 Å². The SMILES string of the molecule is CCNc1ncc(CN2C(=O)C3CCCC3C2=O)s1. The molecule has 0 spiro atoms. The van der Waals surface area contributed by atoms with E-state index in [-0.39, 0.29) is 23.7 Å². The van der Waals surface area contributed by atoms with E-state index in [1.54, 1.807) is 6.20 Å². The first kappa shape index (κ1) is 12.6. The van der Waals surface area contributed by atoms with Crippen LogP contribution in [-0.2, 0) is 16.1 Å². The second-order valence-electron chi connectivity index (χ2n) is 5.07. The highest BCUT2D eigenvalue weighted by molar-refractivity contribution is 7.15. The highest BCUT2D eigenvalue weighted by Gasteiger charge is 2.49. The van der Waals surface area contributed by atoms with Crippen molar-refractivity contribution < 1.29 is 9.59 Å². The van der Waals surface area contributed by atoms with Gasteiger partial charge in [0, 0.05) is 17.6 Å². The fourth-order valence-electron chi connectivity index (χ4n) is 2.99. The largest absolute Gasteiger partial charge is 0.362 e. The lowest BCUT2D eigenvalue weighted by atomic mass is 10.00. The first-order valence-electron chi connectivity index (χ1n) is 6.74. The number of anilines is 1. The molecule has 3 rings (SSSR count). The summed E-state index contributed by atoms with van der Waals surface area (Å²) in [7, 11) is 0. The van der Waals surface area contributed by atoms with Crippen LogP contribution in [0.25, 0.3) is 0 Å². The van der Waals surface area contributed by atoms with Gasteiger partial charge < -0.3 is 5.32 Å². The van der Waals surface area contributed by atoms with Gasteiger partial charge in [-0.3, -0.25) is 14.5 Å². The van der Waals surface area contributed by atoms with Crippen LogP contribution in [-0.4, -0.2) is 28.2 Å². The van der Waals surface area contributed by atoms with Crippen LogP contribution in [0.15, 0.2) is 6.20 Å². The molecule has 2 unspecified atom stereocenters. The van der Waals surface area contributed by atoms with Gasteiger partial charge in [-0.2, -0.15) is 0 Å². The Morgan fingerprint density at radius 2 is 2.05 bits per heavy atom. The Bertz CT molecular complexity index is 492. The minimum atomic E-state index is -0.0475. The molecule has 19 heavy (non-hydrogen) atoms. The topological polar surface area (TPSA) is 62.3 Å². The summed E-state index contributed by atoms with van der Waals surface area (Å²) in [6.45, 7) is 3.21. The molecule has 1 aliphatic heterocycles. The van der Waals surface area contributed by atoms with Crippen LogP contribution in [0.1, 0.15) is 31.1 Å². The predicted molar refractivity (Wildman–Crippen MR) is 72.7 cm³/mol. The molecule has 1 saturated carbocycles. The summed E-state index contributed by atoms with van der Waals surface area (Å²) in [6, 6.07) is 0. The first-order valence-corrected chi connectivity index (χ1v) is 7.56. The number of hydrogen-bond acceptors (Lipinski definition) is 5. The molecule has 0 radical (unpaired) electrons. The lowest BCUT2D eigenvalue weighted by Gasteiger charge is -2.14. The van der Waals surface area contributed by atoms with Crippen molar-refractivity contribution in [3.63, 3.8) is 0 Å². The van der Waals surface area contributed by atoms with Crippen molar-refractivity contribution >= 4 is 28.3 Å². The summed E-state index contributed by atoms with van der Waals surface area (Å²) in [6.07, 6.45) is 4.50. The average Bonchev–Trinajstić information content (AvgIpc) is 3.07. The first-order chi connectivity index (χ1) is 9.20. The van der Waals surface area contributed by atoms with Crippen molar-refractivity contribution in [3.8, 4) is 0 Å². The molecule has 1 aromatic heterocycles. The Labute approximate surface area is 116 Å². The van der Waals surface area contributed by atoms with Gasteiger partial charge in [-0.25, -0.2) is 4.98 Å². The lowest BCUT2D eigenvalue weighted by molar-refractivity contribution is -0.140. The third-order valence-corrected chi connectivity index (χ3v) is 4.82. The maximum atomic E-state index is 12.2. The molecule has 102 valence electrons. The molecule has 2 heterocycles. The number of aromatic nitrogens is 1. The van der Waals surface area contributed by atoms with E-state index in [4.69, 9.17) is 0 Å². The number of carbonyl (C=O) groups excluding carboxylic acids is 2. The van der Waals surface area contributed by atoms with Crippen LogP contribution in [0.3, 0.4) is 0 Å². The van der Waals surface area contributed by atoms with Crippen molar-refractivity contribution in [2.45, 2.75) is 32.7 Å². The zero-order chi connectivity index (χ0) is 13.4. The van der Waals surface area contributed by atoms with Crippen LogP contribution >= 0.6 is 11.3 Å². The molecule has 1 N–H and O–H groups in total. The number of fused-ring (bicyclic) bond motifs is 1. The fourth-order valence-corrected chi connectivity index (χ4v) is 3.85. The standard InChI is InChI=1S/C13H17N3O2S/c1-2-14-13-15-6-8(19-13)7-16-11(17)9-4-3-5-10(9)12(16)18/h6,9-10H,2-5,7H2,1H3,(H,14,15). The summed E-state index contributed by atoms with van der Waals surface area (Å²) in [4.78, 5) is 31.0. The Hall–Kier alpha value is -1.43. The van der Waals surface area contributed by atoms with Crippen molar-refractivity contribution in [2.75, 3.05) is 11.9 Å². The van der Waals surface area contributed by atoms with E-state index in [0.29, 0.717) is 6.54 Å². The monoisotopic (exact) mass is 279 g/mol. The Balaban J connectivity index is 1.72. The van der Waals surface area contributed by atoms with Gasteiger partial charge in [-0.05, 0) is 19.8 Å². The van der Waals surface area contributed by atoms with E-state index < -0.39 is 0 Å². The van der Waals surface area contributed by atoms with Crippen LogP contribution in [0, 0.1) is 11.8 Å². The maximum Gasteiger partial charge on any atom is 0.233 e. The minimum absolute atomic E-state index is 0.0194. The van der Waals surface area contributed by atoms with E-state index in [1.165, 1.54) is 16.2 Å².